The largest absolute Gasteiger partial charge is 0.870 e. The van der Waals surface area contributed by atoms with Crippen LogP contribution in [0.5, 0.6) is 5.75 Å². The first-order valence-corrected chi connectivity index (χ1v) is 4.17. The van der Waals surface area contributed by atoms with Crippen LogP contribution in [0.3, 0.4) is 0 Å². The normalized spacial score (nSPS) is 8.77. The molecular weight excluding hydrogens is 192 g/mol. The minimum Gasteiger partial charge on any atom is -0.870 e. The van der Waals surface area contributed by atoms with Crippen molar-refractivity contribution in [3.63, 3.8) is 0 Å². The summed E-state index contributed by atoms with van der Waals surface area (Å²) in [6.45, 7) is 0. The van der Waals surface area contributed by atoms with Gasteiger partial charge in [0.05, 0.1) is 0 Å². The molecule has 1 aromatic rings. The third-order valence-corrected chi connectivity index (χ3v) is 1.93. The number of anilines is 1. The van der Waals surface area contributed by atoms with Crippen LogP contribution in [-0.2, 0) is 0 Å². The summed E-state index contributed by atoms with van der Waals surface area (Å²) in [7, 11) is 3.50. The Labute approximate surface area is 79.8 Å². The molecule has 0 fully saturated rings. The molecule has 0 saturated carbocycles. The van der Waals surface area contributed by atoms with E-state index in [1.54, 1.807) is 14.1 Å². The zero-order chi connectivity index (χ0) is 10.4. The number of nitrogens with two attached hydrogens (primary N) is 1. The smallest absolute Gasteiger partial charge is 0.345 e. The van der Waals surface area contributed by atoms with Gasteiger partial charge in [0.1, 0.15) is 4.88 Å². The van der Waals surface area contributed by atoms with Crippen LogP contribution in [0.15, 0.2) is 5.38 Å². The van der Waals surface area contributed by atoms with E-state index in [4.69, 9.17) is 10.8 Å². The predicted molar refractivity (Wildman–Crippen MR) is 50.3 cm³/mol. The summed E-state index contributed by atoms with van der Waals surface area (Å²) < 4.78 is 0. The van der Waals surface area contributed by atoms with Gasteiger partial charge in [-0.2, -0.15) is 14.1 Å². The molecule has 0 aliphatic rings. The van der Waals surface area contributed by atoms with Gasteiger partial charge < -0.3 is 21.3 Å². The highest BCUT2D eigenvalue weighted by Crippen LogP contribution is 2.28. The van der Waals surface area contributed by atoms with E-state index in [2.05, 4.69) is 5.32 Å². The third kappa shape index (κ3) is 3.30. The Morgan fingerprint density at radius 3 is 2.31 bits per heavy atom. The zero-order valence-corrected chi connectivity index (χ0v) is 8.09. The number of rotatable bonds is 1. The molecule has 0 aliphatic carbocycles. The molecule has 0 aliphatic heterocycles. The van der Waals surface area contributed by atoms with E-state index < -0.39 is 11.7 Å². The van der Waals surface area contributed by atoms with Crippen LogP contribution in [0, 0.1) is 0 Å². The summed E-state index contributed by atoms with van der Waals surface area (Å²) in [6.07, 6.45) is 0. The summed E-state index contributed by atoms with van der Waals surface area (Å²) in [4.78, 5) is 9.97. The number of thiophene rings is 1. The lowest BCUT2D eigenvalue weighted by Crippen LogP contribution is -2.01. The Morgan fingerprint density at radius 2 is 2.15 bits per heavy atom. The molecule has 3 N–H and O–H groups in total. The Bertz CT molecular complexity index is 285. The molecule has 1 rings (SSSR count). The van der Waals surface area contributed by atoms with Crippen LogP contribution < -0.4 is 10.8 Å². The summed E-state index contributed by atoms with van der Waals surface area (Å²) in [5, 5.41) is 23.9. The average molecular weight is 202 g/mol. The van der Waals surface area contributed by atoms with Gasteiger partial charge in [0.25, 0.3) is 0 Å². The fourth-order valence-corrected chi connectivity index (χ4v) is 1.19. The molecule has 1 aromatic heterocycles. The molecule has 0 unspecified atom stereocenters. The first-order chi connectivity index (χ1) is 6.04. The van der Waals surface area contributed by atoms with Crippen molar-refractivity contribution in [2.75, 3.05) is 19.8 Å². The molecule has 74 valence electrons. The molecule has 0 spiro atoms. The van der Waals surface area contributed by atoms with Crippen LogP contribution in [0.1, 0.15) is 9.67 Å². The van der Waals surface area contributed by atoms with E-state index >= 15 is 0 Å². The van der Waals surface area contributed by atoms with Crippen molar-refractivity contribution >= 4 is 23.0 Å². The van der Waals surface area contributed by atoms with E-state index in [1.165, 1.54) is 5.38 Å². The van der Waals surface area contributed by atoms with Crippen molar-refractivity contribution in [2.24, 2.45) is 0 Å². The van der Waals surface area contributed by atoms with Crippen molar-refractivity contribution in [1.29, 1.82) is 0 Å². The summed E-state index contributed by atoms with van der Waals surface area (Å²) in [5.41, 5.74) is 5.12. The number of nitrogens with zero attached hydrogens (tertiary/aromatic N) is 1. The van der Waals surface area contributed by atoms with Gasteiger partial charge in [-0.05, 0) is 0 Å². The fourth-order valence-electron chi connectivity index (χ4n) is 0.508. The maximum absolute atomic E-state index is 10.7. The molecular formula is C7H10N2O3S-2. The monoisotopic (exact) mass is 202 g/mol. The number of hydrogen-bond donors (Lipinski definition) is 2. The van der Waals surface area contributed by atoms with Crippen molar-refractivity contribution in [3.05, 3.63) is 15.6 Å². The average Bonchev–Trinajstić information content (AvgIpc) is 2.34. The highest BCUT2D eigenvalue weighted by atomic mass is 32.1. The van der Waals surface area contributed by atoms with E-state index in [1.807, 2.05) is 0 Å². The minimum atomic E-state index is -1.22. The maximum atomic E-state index is 10.7. The topological polar surface area (TPSA) is 100 Å². The lowest BCUT2D eigenvalue weighted by molar-refractivity contribution is -0.266. The standard InChI is InChI=1S/C5H5NO3S.C2H6N/c6-2-1-10-4(3(2)7)5(8)9;1-3-2/h1,7H,6H2,(H,8,9);1-2H3/q;-1/p-1. The molecule has 5 nitrogen and oxygen atoms in total. The van der Waals surface area contributed by atoms with Gasteiger partial charge >= 0.3 is 5.97 Å². The lowest BCUT2D eigenvalue weighted by Gasteiger charge is -2.03. The van der Waals surface area contributed by atoms with E-state index in [0.717, 1.165) is 11.3 Å². The summed E-state index contributed by atoms with van der Waals surface area (Å²) >= 11 is 0.847. The second kappa shape index (κ2) is 5.39. The van der Waals surface area contributed by atoms with E-state index in [0.29, 0.717) is 0 Å². The van der Waals surface area contributed by atoms with Crippen LogP contribution in [0.2, 0.25) is 0 Å². The molecule has 6 heteroatoms. The van der Waals surface area contributed by atoms with Gasteiger partial charge in [-0.1, -0.05) is 5.75 Å². The van der Waals surface area contributed by atoms with Crippen molar-refractivity contribution in [1.82, 2.24) is 0 Å². The van der Waals surface area contributed by atoms with Crippen LogP contribution in [-0.4, -0.2) is 25.2 Å². The SMILES string of the molecule is C[N-]C.Nc1csc(C(=O)O)c1[O-]. The Hall–Kier alpha value is -1.27. The number of carbonyl (C=O) groups is 1. The zero-order valence-electron chi connectivity index (χ0n) is 7.27. The number of carboxylic acid groups (broad SMARTS) is 1. The molecule has 1 heterocycles. The molecule has 0 atom stereocenters. The van der Waals surface area contributed by atoms with Crippen molar-refractivity contribution in [2.45, 2.75) is 0 Å². The molecule has 0 radical (unpaired) electrons. The molecule has 0 saturated heterocycles. The Morgan fingerprint density at radius 1 is 1.69 bits per heavy atom. The quantitative estimate of drug-likeness (QED) is 0.700. The summed E-state index contributed by atoms with van der Waals surface area (Å²) in [6, 6.07) is 0. The van der Waals surface area contributed by atoms with E-state index in [-0.39, 0.29) is 10.6 Å². The number of carboxylic acids is 1. The fraction of sp³-hybridized carbons (Fsp3) is 0.286. The second-order valence-corrected chi connectivity index (χ2v) is 2.98. The number of aromatic carboxylic acids is 1. The molecule has 0 amide bonds. The number of nitrogen functional groups attached to an aromatic ring is 1. The predicted octanol–water partition coefficient (Wildman–Crippen LogP) is 0.722. The van der Waals surface area contributed by atoms with Gasteiger partial charge in [-0.3, -0.25) is 0 Å². The van der Waals surface area contributed by atoms with Gasteiger partial charge in [0, 0.05) is 11.1 Å². The third-order valence-electron chi connectivity index (χ3n) is 0.966. The van der Waals surface area contributed by atoms with Crippen molar-refractivity contribution in [3.8, 4) is 5.75 Å². The highest BCUT2D eigenvalue weighted by Gasteiger charge is 2.06. The summed E-state index contributed by atoms with van der Waals surface area (Å²) in [5.74, 6) is -1.80. The van der Waals surface area contributed by atoms with E-state index in [9.17, 15) is 9.90 Å². The highest BCUT2D eigenvalue weighted by molar-refractivity contribution is 7.12. The van der Waals surface area contributed by atoms with Crippen LogP contribution in [0.25, 0.3) is 5.32 Å². The molecule has 0 aromatic carbocycles. The van der Waals surface area contributed by atoms with Gasteiger partial charge in [0.2, 0.25) is 0 Å². The van der Waals surface area contributed by atoms with Gasteiger partial charge in [0.15, 0.2) is 0 Å². The Kier molecular flexibility index (Phi) is 4.86. The lowest BCUT2D eigenvalue weighted by atomic mass is 10.4. The first kappa shape index (κ1) is 11.7. The van der Waals surface area contributed by atoms with Crippen LogP contribution >= 0.6 is 11.3 Å². The van der Waals surface area contributed by atoms with Crippen LogP contribution in [0.4, 0.5) is 5.69 Å². The van der Waals surface area contributed by atoms with Gasteiger partial charge in [-0.15, -0.1) is 11.3 Å². The van der Waals surface area contributed by atoms with Crippen molar-refractivity contribution < 1.29 is 15.0 Å². The Balaban J connectivity index is 0.000000424. The minimum absolute atomic E-state index is 0.00222. The first-order valence-electron chi connectivity index (χ1n) is 3.29. The number of hydrogen-bond acceptors (Lipinski definition) is 4. The molecule has 13 heavy (non-hydrogen) atoms. The maximum Gasteiger partial charge on any atom is 0.345 e. The molecule has 0 bridgehead atoms. The second-order valence-electron chi connectivity index (χ2n) is 2.10. The van der Waals surface area contributed by atoms with Gasteiger partial charge in [-0.25, -0.2) is 4.79 Å².